The molecule has 100 heavy (non-hydrogen) atoms. The van der Waals surface area contributed by atoms with Gasteiger partial charge in [0.15, 0.2) is 12.2 Å². The van der Waals surface area contributed by atoms with Crippen LogP contribution in [0.15, 0.2) is 24.3 Å². The molecule has 19 heteroatoms. The van der Waals surface area contributed by atoms with Crippen LogP contribution >= 0.6 is 15.6 Å². The number of rotatable bonds is 80. The lowest BCUT2D eigenvalue weighted by Crippen LogP contribution is -2.30. The minimum atomic E-state index is -4.96. The van der Waals surface area contributed by atoms with Gasteiger partial charge in [0.05, 0.1) is 26.4 Å². The normalized spacial score (nSPS) is 13.9. The van der Waals surface area contributed by atoms with Gasteiger partial charge in [-0.2, -0.15) is 0 Å². The van der Waals surface area contributed by atoms with E-state index in [1.807, 2.05) is 0 Å². The van der Waals surface area contributed by atoms with Crippen molar-refractivity contribution in [1.82, 2.24) is 0 Å². The van der Waals surface area contributed by atoms with Crippen LogP contribution in [-0.4, -0.2) is 96.7 Å². The Bertz CT molecular complexity index is 1990. The van der Waals surface area contributed by atoms with Crippen molar-refractivity contribution in [2.75, 3.05) is 39.6 Å². The summed E-state index contributed by atoms with van der Waals surface area (Å²) in [6, 6.07) is 0. The van der Waals surface area contributed by atoms with Gasteiger partial charge in [0.25, 0.3) is 0 Å². The summed E-state index contributed by atoms with van der Waals surface area (Å²) in [5.41, 5.74) is 0. The number of aliphatic hydroxyl groups is 1. The summed E-state index contributed by atoms with van der Waals surface area (Å²) in [5.74, 6) is -2.14. The number of hydrogen-bond donors (Lipinski definition) is 3. The Labute approximate surface area is 612 Å². The van der Waals surface area contributed by atoms with E-state index in [2.05, 4.69) is 52.0 Å². The zero-order valence-electron chi connectivity index (χ0n) is 64.7. The summed E-state index contributed by atoms with van der Waals surface area (Å²) in [7, 11) is -9.93. The maximum Gasteiger partial charge on any atom is 0.472 e. The number of carbonyl (C=O) groups is 4. The van der Waals surface area contributed by atoms with Crippen LogP contribution in [0.5, 0.6) is 0 Å². The maximum absolute atomic E-state index is 13.1. The first kappa shape index (κ1) is 97.5. The maximum atomic E-state index is 13.1. The van der Waals surface area contributed by atoms with Gasteiger partial charge in [-0.1, -0.05) is 360 Å². The Morgan fingerprint density at radius 3 is 0.730 bits per heavy atom. The molecule has 0 aliphatic heterocycles. The lowest BCUT2D eigenvalue weighted by atomic mass is 10.0. The van der Waals surface area contributed by atoms with Gasteiger partial charge in [0, 0.05) is 25.7 Å². The van der Waals surface area contributed by atoms with Crippen LogP contribution in [0.1, 0.15) is 413 Å². The topological polar surface area (TPSA) is 237 Å². The molecular weight excluding hydrogens is 1310 g/mol. The molecule has 0 fully saturated rings. The minimum Gasteiger partial charge on any atom is -0.462 e. The van der Waals surface area contributed by atoms with Gasteiger partial charge >= 0.3 is 39.5 Å². The third kappa shape index (κ3) is 73.8. The lowest BCUT2D eigenvalue weighted by molar-refractivity contribution is -0.161. The minimum absolute atomic E-state index is 0.0858. The zero-order valence-corrected chi connectivity index (χ0v) is 66.5. The van der Waals surface area contributed by atoms with Gasteiger partial charge in [-0.25, -0.2) is 9.13 Å². The molecule has 0 rings (SSSR count). The predicted molar refractivity (Wildman–Crippen MR) is 409 cm³/mol. The van der Waals surface area contributed by atoms with Crippen molar-refractivity contribution >= 4 is 39.5 Å². The van der Waals surface area contributed by atoms with Crippen LogP contribution in [0.4, 0.5) is 0 Å². The molecule has 0 aromatic heterocycles. The second kappa shape index (κ2) is 74.8. The second-order valence-corrected chi connectivity index (χ2v) is 31.4. The Kier molecular flexibility index (Phi) is 73.0. The number of ether oxygens (including phenoxy) is 4. The van der Waals surface area contributed by atoms with Gasteiger partial charge in [-0.15, -0.1) is 0 Å². The molecule has 5 atom stereocenters. The highest BCUT2D eigenvalue weighted by Gasteiger charge is 2.30. The Morgan fingerprint density at radius 2 is 0.480 bits per heavy atom. The van der Waals surface area contributed by atoms with E-state index in [1.165, 1.54) is 231 Å². The van der Waals surface area contributed by atoms with Crippen molar-refractivity contribution in [3.8, 4) is 0 Å². The van der Waals surface area contributed by atoms with Gasteiger partial charge in [-0.05, 0) is 51.4 Å². The number of carbonyl (C=O) groups excluding carboxylic acids is 4. The van der Waals surface area contributed by atoms with E-state index in [0.29, 0.717) is 25.7 Å². The highest BCUT2D eigenvalue weighted by atomic mass is 31.2. The Balaban J connectivity index is 5.27. The third-order valence-electron chi connectivity index (χ3n) is 18.5. The SMILES string of the molecule is CCCCCC/C=C\C=C/CCCCCCCC(=O)O[C@H](COC(=O)CCCCCCCCCCCC)COP(=O)(O)OC[C@H](O)COP(=O)(O)OC[C@@H](COC(=O)CCCCCCCCCCCCCCCCCCC)OC(=O)CCCCCCCCCCCCCCCCCCCC. The van der Waals surface area contributed by atoms with Gasteiger partial charge in [0.2, 0.25) is 0 Å². The average molecular weight is 1460 g/mol. The highest BCUT2D eigenvalue weighted by molar-refractivity contribution is 7.47. The molecular formula is C81H154O17P2. The molecule has 17 nitrogen and oxygen atoms in total. The molecule has 0 saturated heterocycles. The van der Waals surface area contributed by atoms with Crippen molar-refractivity contribution < 1.29 is 80.2 Å². The van der Waals surface area contributed by atoms with Gasteiger partial charge < -0.3 is 33.8 Å². The lowest BCUT2D eigenvalue weighted by Gasteiger charge is -2.21. The number of allylic oxidation sites excluding steroid dienone is 4. The fourth-order valence-electron chi connectivity index (χ4n) is 12.1. The summed E-state index contributed by atoms with van der Waals surface area (Å²) in [4.78, 5) is 73.0. The van der Waals surface area contributed by atoms with Crippen LogP contribution in [0.3, 0.4) is 0 Å². The van der Waals surface area contributed by atoms with E-state index >= 15 is 0 Å². The number of phosphoric ester groups is 2. The van der Waals surface area contributed by atoms with Crippen molar-refractivity contribution in [3.63, 3.8) is 0 Å². The molecule has 0 amide bonds. The standard InChI is InChI=1S/C81H154O17P2/c1-5-9-13-17-21-25-29-32-35-37-39-42-45-48-52-56-60-64-68-81(86)98-77(72-92-79(84)66-62-58-54-50-46-43-41-38-36-33-30-26-22-18-14-10-6-2)74-96-100(89,90)94-70-75(82)69-93-99(87,88)95-73-76(71-91-78(83)65-61-57-53-49-28-24-20-16-12-8-4)97-80(85)67-63-59-55-51-47-44-40-34-31-27-23-19-15-11-7-3/h27,31,34,40,75-77,82H,5-26,28-30,32-33,35-39,41-74H2,1-4H3,(H,87,88)(H,89,90)/b31-27-,40-34-/t75-,76+,77+/m0/s1. The largest absolute Gasteiger partial charge is 0.472 e. The molecule has 3 N–H and O–H groups in total. The fraction of sp³-hybridized carbons (Fsp3) is 0.901. The van der Waals surface area contributed by atoms with Crippen molar-refractivity contribution in [3.05, 3.63) is 24.3 Å². The number of unbranched alkanes of at least 4 members (excludes halogenated alkanes) is 51. The average Bonchev–Trinajstić information content (AvgIpc) is 0.941. The number of aliphatic hydroxyl groups excluding tert-OH is 1. The van der Waals surface area contributed by atoms with E-state index in [4.69, 9.17) is 37.0 Å². The smallest absolute Gasteiger partial charge is 0.462 e. The second-order valence-electron chi connectivity index (χ2n) is 28.5. The number of hydrogen-bond acceptors (Lipinski definition) is 15. The Hall–Kier alpha value is -2.46. The fourth-order valence-corrected chi connectivity index (χ4v) is 13.7. The van der Waals surface area contributed by atoms with Crippen LogP contribution < -0.4 is 0 Å². The molecule has 590 valence electrons. The molecule has 0 spiro atoms. The first-order chi connectivity index (χ1) is 48.7. The molecule has 0 heterocycles. The van der Waals surface area contributed by atoms with Crippen LogP contribution in [-0.2, 0) is 65.4 Å². The molecule has 2 unspecified atom stereocenters. The molecule has 0 aromatic carbocycles. The zero-order chi connectivity index (χ0) is 73.2. The molecule has 0 radical (unpaired) electrons. The monoisotopic (exact) mass is 1460 g/mol. The Morgan fingerprint density at radius 1 is 0.280 bits per heavy atom. The number of phosphoric acid groups is 2. The van der Waals surface area contributed by atoms with Crippen LogP contribution in [0.25, 0.3) is 0 Å². The van der Waals surface area contributed by atoms with Crippen LogP contribution in [0.2, 0.25) is 0 Å². The van der Waals surface area contributed by atoms with Crippen molar-refractivity contribution in [2.24, 2.45) is 0 Å². The van der Waals surface area contributed by atoms with Gasteiger partial charge in [0.1, 0.15) is 19.3 Å². The molecule has 0 bridgehead atoms. The first-order valence-electron chi connectivity index (χ1n) is 41.6. The van der Waals surface area contributed by atoms with Crippen molar-refractivity contribution in [1.29, 1.82) is 0 Å². The van der Waals surface area contributed by atoms with E-state index in [9.17, 15) is 43.2 Å². The summed E-state index contributed by atoms with van der Waals surface area (Å²) >= 11 is 0. The van der Waals surface area contributed by atoms with Crippen molar-refractivity contribution in [2.45, 2.75) is 431 Å². The molecule has 0 aromatic rings. The van der Waals surface area contributed by atoms with E-state index in [0.717, 1.165) is 103 Å². The molecule has 0 saturated carbocycles. The summed E-state index contributed by atoms with van der Waals surface area (Å²) in [6.45, 7) is 4.95. The van der Waals surface area contributed by atoms with E-state index in [-0.39, 0.29) is 25.7 Å². The first-order valence-corrected chi connectivity index (χ1v) is 44.6. The van der Waals surface area contributed by atoms with E-state index < -0.39 is 97.5 Å². The molecule has 0 aliphatic carbocycles. The van der Waals surface area contributed by atoms with Gasteiger partial charge in [-0.3, -0.25) is 37.3 Å². The van der Waals surface area contributed by atoms with Crippen LogP contribution in [0, 0.1) is 0 Å². The predicted octanol–water partition coefficient (Wildman–Crippen LogP) is 24.1. The highest BCUT2D eigenvalue weighted by Crippen LogP contribution is 2.45. The summed E-state index contributed by atoms with van der Waals surface area (Å²) in [6.07, 6.45) is 70.1. The quantitative estimate of drug-likeness (QED) is 0.0169. The molecule has 0 aliphatic rings. The van der Waals surface area contributed by atoms with E-state index in [1.54, 1.807) is 0 Å². The third-order valence-corrected chi connectivity index (χ3v) is 20.4. The summed E-state index contributed by atoms with van der Waals surface area (Å²) < 4.78 is 68.7. The number of esters is 4. The summed E-state index contributed by atoms with van der Waals surface area (Å²) in [5, 5.41) is 10.6.